The van der Waals surface area contributed by atoms with Crippen LogP contribution in [0.2, 0.25) is 0 Å². The number of ether oxygens (including phenoxy) is 1. The Morgan fingerprint density at radius 3 is 2.55 bits per heavy atom. The number of aryl methyl sites for hydroxylation is 1. The van der Waals surface area contributed by atoms with E-state index in [0.717, 1.165) is 56.1 Å². The summed E-state index contributed by atoms with van der Waals surface area (Å²) in [4.78, 5) is 10.8. The summed E-state index contributed by atoms with van der Waals surface area (Å²) in [5.41, 5.74) is 2.19. The van der Waals surface area contributed by atoms with Gasteiger partial charge >= 0.3 is 0 Å². The Bertz CT molecular complexity index is 970. The van der Waals surface area contributed by atoms with Crippen molar-refractivity contribution < 1.29 is 13.2 Å². The minimum atomic E-state index is -3.32. The quantitative estimate of drug-likeness (QED) is 0.690. The highest BCUT2D eigenvalue weighted by Crippen LogP contribution is 2.29. The van der Waals surface area contributed by atoms with E-state index in [1.54, 1.807) is 12.4 Å². The minimum Gasteiger partial charge on any atom is -0.376 e. The van der Waals surface area contributed by atoms with Gasteiger partial charge in [-0.1, -0.05) is 13.8 Å². The average Bonchev–Trinajstić information content (AvgIpc) is 3.18. The molecule has 0 bridgehead atoms. The molecule has 2 aliphatic rings. The largest absolute Gasteiger partial charge is 0.376 e. The Hall–Kier alpha value is -2.04. The van der Waals surface area contributed by atoms with Crippen LogP contribution in [0, 0.1) is 0 Å². The van der Waals surface area contributed by atoms with E-state index in [9.17, 15) is 8.42 Å². The molecule has 1 fully saturated rings. The molecule has 2 atom stereocenters. The zero-order valence-corrected chi connectivity index (χ0v) is 19.3. The third-order valence-corrected chi connectivity index (χ3v) is 6.79. The lowest BCUT2D eigenvalue weighted by Crippen LogP contribution is -2.47. The van der Waals surface area contributed by atoms with Crippen molar-refractivity contribution in [3.05, 3.63) is 35.9 Å². The lowest BCUT2D eigenvalue weighted by Gasteiger charge is -2.36. The van der Waals surface area contributed by atoms with Crippen molar-refractivity contribution >= 4 is 16.0 Å². The Morgan fingerprint density at radius 2 is 1.90 bits per heavy atom. The summed E-state index contributed by atoms with van der Waals surface area (Å²) in [6.45, 7) is 6.36. The van der Waals surface area contributed by atoms with E-state index in [-0.39, 0.29) is 18.2 Å². The second-order valence-electron chi connectivity index (χ2n) is 8.83. The van der Waals surface area contributed by atoms with Crippen LogP contribution in [0.4, 0.5) is 5.95 Å². The second kappa shape index (κ2) is 9.22. The number of rotatable bonds is 7. The maximum Gasteiger partial charge on any atom is 0.225 e. The summed E-state index contributed by atoms with van der Waals surface area (Å²) < 4.78 is 35.0. The molecule has 4 heterocycles. The fourth-order valence-corrected chi connectivity index (χ4v) is 5.21. The van der Waals surface area contributed by atoms with Crippen LogP contribution >= 0.6 is 0 Å². The Morgan fingerprint density at radius 1 is 1.19 bits per heavy atom. The summed E-state index contributed by atoms with van der Waals surface area (Å²) >= 11 is 0. The van der Waals surface area contributed by atoms with Crippen LogP contribution in [-0.2, 0) is 21.2 Å². The molecule has 0 saturated carbocycles. The molecule has 9 nitrogen and oxygen atoms in total. The number of anilines is 1. The number of fused-ring (bicyclic) bond motifs is 1. The molecule has 170 valence electrons. The van der Waals surface area contributed by atoms with Crippen LogP contribution < -0.4 is 9.62 Å². The third-order valence-electron chi connectivity index (χ3n) is 6.06. The molecule has 0 spiro atoms. The first-order valence-corrected chi connectivity index (χ1v) is 12.9. The first-order chi connectivity index (χ1) is 14.8. The number of hydrogen-bond acceptors (Lipinski definition) is 7. The molecule has 0 aliphatic carbocycles. The SMILES string of the molecule is CC(C)c1cc2n(n1)C(COC1CCN(c3ncccn3)CC1)C(NS(C)(=O)=O)CC2. The highest BCUT2D eigenvalue weighted by molar-refractivity contribution is 7.88. The molecule has 1 saturated heterocycles. The van der Waals surface area contributed by atoms with Gasteiger partial charge in [0, 0.05) is 37.2 Å². The molecule has 2 unspecified atom stereocenters. The van der Waals surface area contributed by atoms with Crippen molar-refractivity contribution in [1.82, 2.24) is 24.5 Å². The fourth-order valence-electron chi connectivity index (χ4n) is 4.39. The molecule has 0 aromatic carbocycles. The summed E-state index contributed by atoms with van der Waals surface area (Å²) in [5, 5.41) is 4.80. The van der Waals surface area contributed by atoms with Gasteiger partial charge in [-0.3, -0.25) is 4.68 Å². The predicted octanol–water partition coefficient (Wildman–Crippen LogP) is 1.89. The predicted molar refractivity (Wildman–Crippen MR) is 119 cm³/mol. The molecule has 4 rings (SSSR count). The smallest absolute Gasteiger partial charge is 0.225 e. The van der Waals surface area contributed by atoms with Crippen molar-refractivity contribution in [3.63, 3.8) is 0 Å². The standard InChI is InChI=1S/C21H32N6O3S/c1-15(2)19-13-16-5-6-18(25-31(3,28)29)20(27(16)24-19)14-30-17-7-11-26(12-8-17)21-22-9-4-10-23-21/h4,9-10,13,15,17-18,20,25H,5-8,11-12,14H2,1-3H3. The van der Waals surface area contributed by atoms with Crippen molar-refractivity contribution in [2.75, 3.05) is 30.9 Å². The van der Waals surface area contributed by atoms with Gasteiger partial charge in [-0.25, -0.2) is 23.1 Å². The van der Waals surface area contributed by atoms with Gasteiger partial charge in [0.05, 0.1) is 30.7 Å². The molecule has 2 aromatic heterocycles. The van der Waals surface area contributed by atoms with Gasteiger partial charge in [0.1, 0.15) is 0 Å². The van der Waals surface area contributed by atoms with E-state index in [1.165, 1.54) is 6.26 Å². The van der Waals surface area contributed by atoms with E-state index in [1.807, 2.05) is 10.7 Å². The van der Waals surface area contributed by atoms with Crippen LogP contribution in [-0.4, -0.2) is 66.3 Å². The summed E-state index contributed by atoms with van der Waals surface area (Å²) in [7, 11) is -3.32. The highest BCUT2D eigenvalue weighted by atomic mass is 32.2. The van der Waals surface area contributed by atoms with E-state index >= 15 is 0 Å². The van der Waals surface area contributed by atoms with Crippen LogP contribution in [0.15, 0.2) is 24.5 Å². The van der Waals surface area contributed by atoms with Crippen LogP contribution in [0.3, 0.4) is 0 Å². The topological polar surface area (TPSA) is 102 Å². The Balaban J connectivity index is 1.42. The van der Waals surface area contributed by atoms with Crippen molar-refractivity contribution in [1.29, 1.82) is 0 Å². The number of aromatic nitrogens is 4. The average molecular weight is 449 g/mol. The lowest BCUT2D eigenvalue weighted by atomic mass is 9.98. The van der Waals surface area contributed by atoms with Crippen molar-refractivity contribution in [3.8, 4) is 0 Å². The molecule has 2 aromatic rings. The van der Waals surface area contributed by atoms with Crippen LogP contribution in [0.5, 0.6) is 0 Å². The van der Waals surface area contributed by atoms with Crippen LogP contribution in [0.1, 0.15) is 56.5 Å². The third kappa shape index (κ3) is 5.42. The number of piperidine rings is 1. The van der Waals surface area contributed by atoms with Crippen molar-refractivity contribution in [2.45, 2.75) is 63.6 Å². The number of nitrogens with one attached hydrogen (secondary N) is 1. The zero-order chi connectivity index (χ0) is 22.0. The monoisotopic (exact) mass is 448 g/mol. The molecule has 0 radical (unpaired) electrons. The molecule has 10 heteroatoms. The second-order valence-corrected chi connectivity index (χ2v) is 10.6. The maximum absolute atomic E-state index is 11.9. The van der Waals surface area contributed by atoms with Gasteiger partial charge in [0.15, 0.2) is 0 Å². The molecule has 2 aliphatic heterocycles. The van der Waals surface area contributed by atoms with E-state index in [0.29, 0.717) is 12.5 Å². The molecule has 0 amide bonds. The van der Waals surface area contributed by atoms with E-state index in [4.69, 9.17) is 9.84 Å². The van der Waals surface area contributed by atoms with Gasteiger partial charge in [0.2, 0.25) is 16.0 Å². The van der Waals surface area contributed by atoms with Gasteiger partial charge < -0.3 is 9.64 Å². The number of nitrogens with zero attached hydrogens (tertiary/aromatic N) is 5. The lowest BCUT2D eigenvalue weighted by molar-refractivity contribution is 0.00597. The van der Waals surface area contributed by atoms with Gasteiger partial charge in [-0.2, -0.15) is 5.10 Å². The van der Waals surface area contributed by atoms with Gasteiger partial charge in [-0.15, -0.1) is 0 Å². The van der Waals surface area contributed by atoms with Crippen molar-refractivity contribution in [2.24, 2.45) is 0 Å². The number of hydrogen-bond donors (Lipinski definition) is 1. The minimum absolute atomic E-state index is 0.129. The van der Waals surface area contributed by atoms with Gasteiger partial charge in [0.25, 0.3) is 0 Å². The zero-order valence-electron chi connectivity index (χ0n) is 18.4. The van der Waals surface area contributed by atoms with Crippen LogP contribution in [0.25, 0.3) is 0 Å². The molecular weight excluding hydrogens is 416 g/mol. The summed E-state index contributed by atoms with van der Waals surface area (Å²) in [6, 6.07) is 3.59. The summed E-state index contributed by atoms with van der Waals surface area (Å²) in [6.07, 6.45) is 8.18. The highest BCUT2D eigenvalue weighted by Gasteiger charge is 2.34. The first-order valence-electron chi connectivity index (χ1n) is 11.0. The molecule has 31 heavy (non-hydrogen) atoms. The fraction of sp³-hybridized carbons (Fsp3) is 0.667. The number of sulfonamides is 1. The molecular formula is C21H32N6O3S. The van der Waals surface area contributed by atoms with E-state index < -0.39 is 10.0 Å². The first kappa shape index (κ1) is 22.2. The Kier molecular flexibility index (Phi) is 6.59. The Labute approximate surface area is 184 Å². The normalized spacial score (nSPS) is 22.6. The van der Waals surface area contributed by atoms with Gasteiger partial charge in [-0.05, 0) is 43.7 Å². The summed E-state index contributed by atoms with van der Waals surface area (Å²) in [5.74, 6) is 1.08. The molecule has 1 N–H and O–H groups in total. The maximum atomic E-state index is 11.9. The van der Waals surface area contributed by atoms with E-state index in [2.05, 4.69) is 39.5 Å².